The minimum absolute atomic E-state index is 0.465. The molecule has 3 nitrogen and oxygen atoms in total. The van der Waals surface area contributed by atoms with Crippen molar-refractivity contribution in [2.24, 2.45) is 0 Å². The first-order valence-electron chi connectivity index (χ1n) is 5.98. The van der Waals surface area contributed by atoms with Gasteiger partial charge in [0, 0.05) is 22.8 Å². The number of halogens is 1. The van der Waals surface area contributed by atoms with E-state index >= 15 is 0 Å². The Morgan fingerprint density at radius 3 is 2.42 bits per heavy atom. The van der Waals surface area contributed by atoms with Crippen molar-refractivity contribution in [2.75, 3.05) is 7.11 Å². The van der Waals surface area contributed by atoms with E-state index in [0.717, 1.165) is 21.5 Å². The van der Waals surface area contributed by atoms with Crippen LogP contribution in [0.15, 0.2) is 47.1 Å². The van der Waals surface area contributed by atoms with Crippen LogP contribution in [0.3, 0.4) is 0 Å². The smallest absolute Gasteiger partial charge is 0.118 e. The van der Waals surface area contributed by atoms with Crippen LogP contribution < -0.4 is 4.74 Å². The number of nitrogens with zero attached hydrogens (tertiary/aromatic N) is 1. The van der Waals surface area contributed by atoms with Crippen LogP contribution in [-0.2, 0) is 12.0 Å². The molecule has 1 unspecified atom stereocenters. The van der Waals surface area contributed by atoms with Crippen molar-refractivity contribution in [3.05, 3.63) is 58.3 Å². The fourth-order valence-electron chi connectivity index (χ4n) is 1.92. The molecule has 2 rings (SSSR count). The van der Waals surface area contributed by atoms with Gasteiger partial charge in [0.25, 0.3) is 0 Å². The molecule has 0 amide bonds. The molecule has 0 saturated carbocycles. The number of hydrogen-bond acceptors (Lipinski definition) is 3. The third-order valence-electron chi connectivity index (χ3n) is 3.03. The topological polar surface area (TPSA) is 42.4 Å². The maximum absolute atomic E-state index is 10.6. The predicted octanol–water partition coefficient (Wildman–Crippen LogP) is 3.30. The van der Waals surface area contributed by atoms with Gasteiger partial charge in [0.05, 0.1) is 12.7 Å². The van der Waals surface area contributed by atoms with Gasteiger partial charge in [-0.2, -0.15) is 0 Å². The van der Waals surface area contributed by atoms with Crippen LogP contribution in [0.5, 0.6) is 5.75 Å². The number of aromatic nitrogens is 1. The summed E-state index contributed by atoms with van der Waals surface area (Å²) >= 11 is 3.35. The third kappa shape index (κ3) is 3.55. The fraction of sp³-hybridized carbons (Fsp3) is 0.267. The maximum atomic E-state index is 10.6. The molecule has 0 radical (unpaired) electrons. The van der Waals surface area contributed by atoms with Gasteiger partial charge in [0.2, 0.25) is 0 Å². The monoisotopic (exact) mass is 321 g/mol. The summed E-state index contributed by atoms with van der Waals surface area (Å²) in [4.78, 5) is 4.29. The molecule has 1 N–H and O–H groups in total. The van der Waals surface area contributed by atoms with Crippen LogP contribution >= 0.6 is 15.9 Å². The molecule has 19 heavy (non-hydrogen) atoms. The molecule has 2 aromatic rings. The van der Waals surface area contributed by atoms with Crippen LogP contribution in [0.4, 0.5) is 0 Å². The Hall–Kier alpha value is -1.39. The molecular formula is C15H16BrNO2. The zero-order chi connectivity index (χ0) is 13.9. The highest BCUT2D eigenvalue weighted by Gasteiger charge is 2.24. The SMILES string of the molecule is COc1ccc(C(C)(O)Cc2ccc(Br)cn2)cc1. The molecule has 1 aromatic carbocycles. The van der Waals surface area contributed by atoms with Crippen LogP contribution in [0.25, 0.3) is 0 Å². The molecule has 0 spiro atoms. The fourth-order valence-corrected chi connectivity index (χ4v) is 2.15. The Morgan fingerprint density at radius 1 is 1.21 bits per heavy atom. The van der Waals surface area contributed by atoms with E-state index in [9.17, 15) is 5.11 Å². The molecular weight excluding hydrogens is 306 g/mol. The van der Waals surface area contributed by atoms with Gasteiger partial charge in [-0.1, -0.05) is 12.1 Å². The minimum Gasteiger partial charge on any atom is -0.497 e. The average molecular weight is 322 g/mol. The number of hydrogen-bond donors (Lipinski definition) is 1. The van der Waals surface area contributed by atoms with E-state index in [4.69, 9.17) is 4.74 Å². The number of pyridine rings is 1. The summed E-state index contributed by atoms with van der Waals surface area (Å²) in [5.41, 5.74) is 0.745. The van der Waals surface area contributed by atoms with Crippen molar-refractivity contribution in [3.8, 4) is 5.75 Å². The molecule has 0 saturated heterocycles. The summed E-state index contributed by atoms with van der Waals surface area (Å²) in [7, 11) is 1.62. The number of ether oxygens (including phenoxy) is 1. The first-order chi connectivity index (χ1) is 9.01. The van der Waals surface area contributed by atoms with Gasteiger partial charge < -0.3 is 9.84 Å². The Kier molecular flexibility index (Phi) is 4.22. The van der Waals surface area contributed by atoms with Crippen molar-refractivity contribution < 1.29 is 9.84 Å². The lowest BCUT2D eigenvalue weighted by Gasteiger charge is -2.23. The standard InChI is InChI=1S/C15H16BrNO2/c1-15(18,9-13-6-5-12(16)10-17-13)11-3-7-14(19-2)8-4-11/h3-8,10,18H,9H2,1-2H3. The van der Waals surface area contributed by atoms with E-state index in [1.165, 1.54) is 0 Å². The van der Waals surface area contributed by atoms with Crippen molar-refractivity contribution in [3.63, 3.8) is 0 Å². The summed E-state index contributed by atoms with van der Waals surface area (Å²) in [6, 6.07) is 11.3. The van der Waals surface area contributed by atoms with Gasteiger partial charge >= 0.3 is 0 Å². The van der Waals surface area contributed by atoms with Crippen LogP contribution in [0.1, 0.15) is 18.2 Å². The van der Waals surface area contributed by atoms with Gasteiger partial charge in [-0.15, -0.1) is 0 Å². The number of benzene rings is 1. The van der Waals surface area contributed by atoms with E-state index in [1.807, 2.05) is 36.4 Å². The normalized spacial score (nSPS) is 13.9. The molecule has 0 aliphatic carbocycles. The highest BCUT2D eigenvalue weighted by atomic mass is 79.9. The van der Waals surface area contributed by atoms with Crippen molar-refractivity contribution in [1.82, 2.24) is 4.98 Å². The number of methoxy groups -OCH3 is 1. The zero-order valence-electron chi connectivity index (χ0n) is 10.9. The van der Waals surface area contributed by atoms with E-state index in [2.05, 4.69) is 20.9 Å². The lowest BCUT2D eigenvalue weighted by molar-refractivity contribution is 0.0565. The van der Waals surface area contributed by atoms with Crippen LogP contribution in [0, 0.1) is 0 Å². The number of aliphatic hydroxyl groups is 1. The average Bonchev–Trinajstić information content (AvgIpc) is 2.41. The molecule has 1 heterocycles. The Bertz CT molecular complexity index is 535. The zero-order valence-corrected chi connectivity index (χ0v) is 12.5. The molecule has 1 atom stereocenters. The highest BCUT2D eigenvalue weighted by molar-refractivity contribution is 9.10. The van der Waals surface area contributed by atoms with Crippen molar-refractivity contribution in [2.45, 2.75) is 18.9 Å². The summed E-state index contributed by atoms with van der Waals surface area (Å²) in [6.45, 7) is 1.79. The van der Waals surface area contributed by atoms with E-state index in [1.54, 1.807) is 20.2 Å². The molecule has 0 bridgehead atoms. The second kappa shape index (κ2) is 5.72. The quantitative estimate of drug-likeness (QED) is 0.939. The largest absolute Gasteiger partial charge is 0.497 e. The Morgan fingerprint density at radius 2 is 1.89 bits per heavy atom. The van der Waals surface area contributed by atoms with Crippen molar-refractivity contribution in [1.29, 1.82) is 0 Å². The Labute approximate surface area is 121 Å². The summed E-state index contributed by atoms with van der Waals surface area (Å²) in [6.07, 6.45) is 2.20. The highest BCUT2D eigenvalue weighted by Crippen LogP contribution is 2.26. The van der Waals surface area contributed by atoms with Crippen LogP contribution in [0.2, 0.25) is 0 Å². The lowest BCUT2D eigenvalue weighted by Crippen LogP contribution is -2.24. The molecule has 0 fully saturated rings. The van der Waals surface area contributed by atoms with Gasteiger partial charge in [0.1, 0.15) is 5.75 Å². The van der Waals surface area contributed by atoms with Gasteiger partial charge in [-0.25, -0.2) is 0 Å². The summed E-state index contributed by atoms with van der Waals surface area (Å²) in [5, 5.41) is 10.6. The van der Waals surface area contributed by atoms with Gasteiger partial charge in [-0.3, -0.25) is 4.98 Å². The second-order valence-corrected chi connectivity index (χ2v) is 5.56. The predicted molar refractivity (Wildman–Crippen MR) is 78.2 cm³/mol. The molecule has 4 heteroatoms. The van der Waals surface area contributed by atoms with E-state index in [0.29, 0.717) is 6.42 Å². The maximum Gasteiger partial charge on any atom is 0.118 e. The molecule has 0 aliphatic heterocycles. The van der Waals surface area contributed by atoms with Crippen LogP contribution in [-0.4, -0.2) is 17.2 Å². The van der Waals surface area contributed by atoms with E-state index < -0.39 is 5.60 Å². The lowest BCUT2D eigenvalue weighted by atomic mass is 9.91. The van der Waals surface area contributed by atoms with E-state index in [-0.39, 0.29) is 0 Å². The molecule has 1 aromatic heterocycles. The van der Waals surface area contributed by atoms with Gasteiger partial charge in [-0.05, 0) is 52.7 Å². The third-order valence-corrected chi connectivity index (χ3v) is 3.49. The Balaban J connectivity index is 2.18. The minimum atomic E-state index is -0.951. The second-order valence-electron chi connectivity index (χ2n) is 4.65. The first-order valence-corrected chi connectivity index (χ1v) is 6.78. The number of rotatable bonds is 4. The summed E-state index contributed by atoms with van der Waals surface area (Å²) < 4.78 is 6.04. The first kappa shape index (κ1) is 14.0. The summed E-state index contributed by atoms with van der Waals surface area (Å²) in [5.74, 6) is 0.779. The van der Waals surface area contributed by atoms with Gasteiger partial charge in [0.15, 0.2) is 0 Å². The van der Waals surface area contributed by atoms with Crippen molar-refractivity contribution >= 4 is 15.9 Å². The molecule has 100 valence electrons. The molecule has 0 aliphatic rings.